The van der Waals surface area contributed by atoms with Gasteiger partial charge in [0, 0.05) is 18.5 Å². The van der Waals surface area contributed by atoms with Crippen LogP contribution in [0.3, 0.4) is 0 Å². The zero-order chi connectivity index (χ0) is 14.3. The van der Waals surface area contributed by atoms with Gasteiger partial charge >= 0.3 is 0 Å². The molecule has 2 fully saturated rings. The van der Waals surface area contributed by atoms with Crippen molar-refractivity contribution in [3.63, 3.8) is 0 Å². The Morgan fingerprint density at radius 2 is 2.00 bits per heavy atom. The molecule has 2 aliphatic rings. The van der Waals surface area contributed by atoms with Crippen LogP contribution in [0.15, 0.2) is 18.2 Å². The molecule has 3 rings (SSSR count). The van der Waals surface area contributed by atoms with Gasteiger partial charge in [0.15, 0.2) is 0 Å². The zero-order valence-electron chi connectivity index (χ0n) is 12.1. The van der Waals surface area contributed by atoms with Gasteiger partial charge < -0.3 is 14.7 Å². The second-order valence-electron chi connectivity index (χ2n) is 6.32. The number of hydrogen-bond donors (Lipinski definition) is 1. The number of aliphatic hydroxyl groups is 1. The zero-order valence-corrected chi connectivity index (χ0v) is 12.1. The first-order valence-electron chi connectivity index (χ1n) is 7.27. The van der Waals surface area contributed by atoms with E-state index in [2.05, 4.69) is 11.9 Å². The molecule has 2 saturated heterocycles. The number of methoxy groups -OCH3 is 1. The van der Waals surface area contributed by atoms with E-state index in [-0.39, 0.29) is 5.82 Å². The maximum atomic E-state index is 13.4. The molecule has 4 heteroatoms. The number of ether oxygens (including phenoxy) is 1. The van der Waals surface area contributed by atoms with Gasteiger partial charge in [-0.3, -0.25) is 0 Å². The Bertz CT molecular complexity index is 491. The second-order valence-corrected chi connectivity index (χ2v) is 6.32. The van der Waals surface area contributed by atoms with Crippen LogP contribution < -0.4 is 4.74 Å². The molecule has 0 aliphatic carbocycles. The van der Waals surface area contributed by atoms with Crippen LogP contribution in [0.2, 0.25) is 0 Å². The first-order valence-corrected chi connectivity index (χ1v) is 7.27. The van der Waals surface area contributed by atoms with Crippen molar-refractivity contribution < 1.29 is 14.2 Å². The third-order valence-corrected chi connectivity index (χ3v) is 4.98. The molecule has 0 spiro atoms. The first-order chi connectivity index (χ1) is 9.50. The Kier molecular flexibility index (Phi) is 3.46. The predicted octanol–water partition coefficient (Wildman–Crippen LogP) is 2.36. The van der Waals surface area contributed by atoms with Crippen LogP contribution in [-0.2, 0) is 6.42 Å². The normalized spacial score (nSPS) is 33.4. The van der Waals surface area contributed by atoms with E-state index in [1.54, 1.807) is 13.2 Å². The van der Waals surface area contributed by atoms with Gasteiger partial charge in [-0.15, -0.1) is 0 Å². The van der Waals surface area contributed by atoms with Crippen molar-refractivity contribution in [1.82, 2.24) is 4.90 Å². The van der Waals surface area contributed by atoms with Gasteiger partial charge in [-0.05, 0) is 56.5 Å². The lowest BCUT2D eigenvalue weighted by molar-refractivity contribution is -0.0440. The molecule has 0 saturated carbocycles. The summed E-state index contributed by atoms with van der Waals surface area (Å²) in [5.41, 5.74) is 0.0262. The van der Waals surface area contributed by atoms with Crippen LogP contribution >= 0.6 is 0 Å². The molecule has 0 amide bonds. The van der Waals surface area contributed by atoms with Gasteiger partial charge in [-0.2, -0.15) is 0 Å². The summed E-state index contributed by atoms with van der Waals surface area (Å²) in [5.74, 6) is 0.381. The summed E-state index contributed by atoms with van der Waals surface area (Å²) in [6.07, 6.45) is 4.31. The highest BCUT2D eigenvalue weighted by Crippen LogP contribution is 2.42. The van der Waals surface area contributed by atoms with Crippen LogP contribution in [-0.4, -0.2) is 41.8 Å². The summed E-state index contributed by atoms with van der Waals surface area (Å²) in [4.78, 5) is 2.39. The van der Waals surface area contributed by atoms with Gasteiger partial charge in [-0.25, -0.2) is 4.39 Å². The van der Waals surface area contributed by atoms with Crippen molar-refractivity contribution in [3.8, 4) is 5.75 Å². The smallest absolute Gasteiger partial charge is 0.123 e. The number of benzene rings is 1. The molecule has 0 aromatic heterocycles. The average molecular weight is 279 g/mol. The van der Waals surface area contributed by atoms with Gasteiger partial charge in [0.2, 0.25) is 0 Å². The molecular weight excluding hydrogens is 257 g/mol. The molecule has 20 heavy (non-hydrogen) atoms. The molecule has 110 valence electrons. The third kappa shape index (κ3) is 2.42. The van der Waals surface area contributed by atoms with E-state index < -0.39 is 5.60 Å². The minimum Gasteiger partial charge on any atom is -0.496 e. The van der Waals surface area contributed by atoms with Crippen molar-refractivity contribution in [2.45, 2.75) is 49.8 Å². The molecular formula is C16H22FNO2. The quantitative estimate of drug-likeness (QED) is 0.922. The number of piperidine rings is 1. The predicted molar refractivity (Wildman–Crippen MR) is 75.4 cm³/mol. The average Bonchev–Trinajstić information content (AvgIpc) is 2.62. The fourth-order valence-electron chi connectivity index (χ4n) is 3.93. The maximum Gasteiger partial charge on any atom is 0.123 e. The maximum absolute atomic E-state index is 13.4. The molecule has 1 aromatic rings. The van der Waals surface area contributed by atoms with E-state index in [0.29, 0.717) is 24.3 Å². The minimum absolute atomic E-state index is 0.278. The summed E-state index contributed by atoms with van der Waals surface area (Å²) in [7, 11) is 3.73. The topological polar surface area (TPSA) is 32.7 Å². The Labute approximate surface area is 119 Å². The van der Waals surface area contributed by atoms with Crippen molar-refractivity contribution >= 4 is 0 Å². The van der Waals surface area contributed by atoms with Gasteiger partial charge in [0.05, 0.1) is 12.7 Å². The molecule has 2 aliphatic heterocycles. The molecule has 3 nitrogen and oxygen atoms in total. The minimum atomic E-state index is -0.737. The molecule has 2 atom stereocenters. The van der Waals surface area contributed by atoms with Crippen LogP contribution in [0.5, 0.6) is 5.75 Å². The standard InChI is InChI=1S/C16H22FNO2/c1-18-13-4-5-14(18)10-16(19,9-13)8-11-7-12(17)3-6-15(11)20-2/h3,6-7,13-14,19H,4-5,8-10H2,1-2H3. The molecule has 0 radical (unpaired) electrons. The summed E-state index contributed by atoms with van der Waals surface area (Å²) < 4.78 is 18.7. The van der Waals surface area contributed by atoms with Crippen molar-refractivity contribution in [3.05, 3.63) is 29.6 Å². The summed E-state index contributed by atoms with van der Waals surface area (Å²) >= 11 is 0. The lowest BCUT2D eigenvalue weighted by Gasteiger charge is -2.42. The van der Waals surface area contributed by atoms with Crippen LogP contribution in [0, 0.1) is 5.82 Å². The monoisotopic (exact) mass is 279 g/mol. The van der Waals surface area contributed by atoms with Gasteiger partial charge in [0.1, 0.15) is 11.6 Å². The fourth-order valence-corrected chi connectivity index (χ4v) is 3.93. The van der Waals surface area contributed by atoms with Crippen LogP contribution in [0.4, 0.5) is 4.39 Å². The Hall–Kier alpha value is -1.13. The molecule has 1 N–H and O–H groups in total. The van der Waals surface area contributed by atoms with Gasteiger partial charge in [-0.1, -0.05) is 0 Å². The van der Waals surface area contributed by atoms with Crippen molar-refractivity contribution in [1.29, 1.82) is 0 Å². The number of nitrogens with zero attached hydrogens (tertiary/aromatic N) is 1. The number of rotatable bonds is 3. The van der Waals surface area contributed by atoms with E-state index in [9.17, 15) is 9.50 Å². The van der Waals surface area contributed by atoms with Crippen molar-refractivity contribution in [2.24, 2.45) is 0 Å². The van der Waals surface area contributed by atoms with Crippen molar-refractivity contribution in [2.75, 3.05) is 14.2 Å². The number of fused-ring (bicyclic) bond motifs is 2. The molecule has 1 aromatic carbocycles. The summed E-state index contributed by atoms with van der Waals surface area (Å²) in [6.45, 7) is 0. The molecule has 2 heterocycles. The molecule has 2 unspecified atom stereocenters. The number of halogens is 1. The largest absolute Gasteiger partial charge is 0.496 e. The highest BCUT2D eigenvalue weighted by atomic mass is 19.1. The third-order valence-electron chi connectivity index (χ3n) is 4.98. The highest BCUT2D eigenvalue weighted by Gasteiger charge is 2.46. The van der Waals surface area contributed by atoms with E-state index in [1.165, 1.54) is 12.1 Å². The fraction of sp³-hybridized carbons (Fsp3) is 0.625. The van der Waals surface area contributed by atoms with E-state index in [1.807, 2.05) is 0 Å². The summed E-state index contributed by atoms with van der Waals surface area (Å²) in [6, 6.07) is 5.43. The summed E-state index contributed by atoms with van der Waals surface area (Å²) in [5, 5.41) is 10.9. The molecule has 2 bridgehead atoms. The second kappa shape index (κ2) is 5.01. The Morgan fingerprint density at radius 1 is 1.35 bits per heavy atom. The van der Waals surface area contributed by atoms with E-state index in [0.717, 1.165) is 31.2 Å². The lowest BCUT2D eigenvalue weighted by Crippen LogP contribution is -2.50. The Balaban J connectivity index is 1.82. The van der Waals surface area contributed by atoms with E-state index in [4.69, 9.17) is 4.74 Å². The highest BCUT2D eigenvalue weighted by molar-refractivity contribution is 5.35. The Morgan fingerprint density at radius 3 is 2.60 bits per heavy atom. The number of hydrogen-bond acceptors (Lipinski definition) is 3. The lowest BCUT2D eigenvalue weighted by atomic mass is 9.81. The van der Waals surface area contributed by atoms with Crippen LogP contribution in [0.1, 0.15) is 31.2 Å². The van der Waals surface area contributed by atoms with Crippen LogP contribution in [0.25, 0.3) is 0 Å². The SMILES string of the molecule is COc1ccc(F)cc1CC1(O)CC2CCC(C1)N2C. The van der Waals surface area contributed by atoms with E-state index >= 15 is 0 Å². The first kappa shape index (κ1) is 13.8. The van der Waals surface area contributed by atoms with Gasteiger partial charge in [0.25, 0.3) is 0 Å².